The molecule has 2 fully saturated rings. The van der Waals surface area contributed by atoms with Crippen LogP contribution in [0.5, 0.6) is 0 Å². The Hall–Kier alpha value is -0.0400. The van der Waals surface area contributed by atoms with Crippen molar-refractivity contribution in [1.82, 2.24) is 5.32 Å². The van der Waals surface area contributed by atoms with Crippen molar-refractivity contribution in [3.05, 3.63) is 0 Å². The fourth-order valence-electron chi connectivity index (χ4n) is 5.58. The first-order chi connectivity index (χ1) is 10.9. The van der Waals surface area contributed by atoms with Gasteiger partial charge in [0, 0.05) is 0 Å². The number of hydrogen-bond acceptors (Lipinski definition) is 1. The van der Waals surface area contributed by atoms with Crippen molar-refractivity contribution >= 4 is 0 Å². The molecule has 2 rings (SSSR count). The minimum absolute atomic E-state index is 0.531. The monoisotopic (exact) mass is 321 g/mol. The van der Waals surface area contributed by atoms with Gasteiger partial charge in [0.2, 0.25) is 0 Å². The summed E-state index contributed by atoms with van der Waals surface area (Å²) in [5, 5.41) is 3.40. The molecule has 1 N–H and O–H groups in total. The summed E-state index contributed by atoms with van der Waals surface area (Å²) in [4.78, 5) is 0. The van der Waals surface area contributed by atoms with E-state index in [0.29, 0.717) is 5.41 Å². The molecule has 2 aliphatic rings. The van der Waals surface area contributed by atoms with Gasteiger partial charge in [-0.2, -0.15) is 0 Å². The molecule has 0 amide bonds. The summed E-state index contributed by atoms with van der Waals surface area (Å²) >= 11 is 0. The standard InChI is InChI=1S/C22H43N/c1-17(16-23-5)13-21-14-18(2)22(3,4)15-19-9-7-6-8-10-20(21)12-11-19/h17-21,23H,6-16H2,1-5H3. The molecule has 0 aromatic rings. The van der Waals surface area contributed by atoms with Crippen molar-refractivity contribution in [3.63, 3.8) is 0 Å². The first kappa shape index (κ1) is 19.3. The van der Waals surface area contributed by atoms with Crippen LogP contribution in [-0.4, -0.2) is 13.6 Å². The predicted molar refractivity (Wildman–Crippen MR) is 103 cm³/mol. The third-order valence-electron chi connectivity index (χ3n) is 7.36. The molecule has 0 aromatic carbocycles. The molecule has 0 saturated heterocycles. The van der Waals surface area contributed by atoms with Gasteiger partial charge in [-0.05, 0) is 74.3 Å². The van der Waals surface area contributed by atoms with Crippen LogP contribution < -0.4 is 5.32 Å². The lowest BCUT2D eigenvalue weighted by Crippen LogP contribution is -2.29. The largest absolute Gasteiger partial charge is 0.319 e. The molecule has 136 valence electrons. The van der Waals surface area contributed by atoms with E-state index < -0.39 is 0 Å². The molecular formula is C22H43N. The highest BCUT2D eigenvalue weighted by atomic mass is 14.8. The molecule has 0 aliphatic heterocycles. The average Bonchev–Trinajstić information content (AvgIpc) is 2.60. The fraction of sp³-hybridized carbons (Fsp3) is 1.00. The smallest absolute Gasteiger partial charge is 0.00261 e. The van der Waals surface area contributed by atoms with E-state index in [0.717, 1.165) is 29.6 Å². The summed E-state index contributed by atoms with van der Waals surface area (Å²) in [5.41, 5.74) is 0.531. The maximum absolute atomic E-state index is 3.40. The second kappa shape index (κ2) is 8.88. The highest BCUT2D eigenvalue weighted by Crippen LogP contribution is 2.46. The normalized spacial score (nSPS) is 36.9. The molecule has 0 radical (unpaired) electrons. The zero-order chi connectivity index (χ0) is 16.9. The molecule has 0 heterocycles. The van der Waals surface area contributed by atoms with E-state index in [1.165, 1.54) is 70.8 Å². The van der Waals surface area contributed by atoms with E-state index >= 15 is 0 Å². The number of rotatable bonds is 4. The van der Waals surface area contributed by atoms with Crippen molar-refractivity contribution < 1.29 is 0 Å². The van der Waals surface area contributed by atoms with Gasteiger partial charge in [0.1, 0.15) is 0 Å². The minimum Gasteiger partial charge on any atom is -0.319 e. The quantitative estimate of drug-likeness (QED) is 0.642. The van der Waals surface area contributed by atoms with Gasteiger partial charge in [-0.25, -0.2) is 0 Å². The Bertz CT molecular complexity index is 335. The lowest BCUT2D eigenvalue weighted by molar-refractivity contribution is 0.130. The third-order valence-corrected chi connectivity index (χ3v) is 7.36. The summed E-state index contributed by atoms with van der Waals surface area (Å²) in [6, 6.07) is 0. The van der Waals surface area contributed by atoms with Gasteiger partial charge >= 0.3 is 0 Å². The summed E-state index contributed by atoms with van der Waals surface area (Å²) in [7, 11) is 2.11. The van der Waals surface area contributed by atoms with Crippen molar-refractivity contribution in [2.75, 3.05) is 13.6 Å². The van der Waals surface area contributed by atoms with Crippen LogP contribution in [-0.2, 0) is 0 Å². The molecule has 5 unspecified atom stereocenters. The van der Waals surface area contributed by atoms with E-state index in [4.69, 9.17) is 0 Å². The Kier molecular flexibility index (Phi) is 7.45. The second-order valence-corrected chi connectivity index (χ2v) is 9.83. The van der Waals surface area contributed by atoms with Crippen LogP contribution in [0.2, 0.25) is 0 Å². The number of nitrogens with one attached hydrogen (secondary N) is 1. The Balaban J connectivity index is 2.16. The first-order valence-electron chi connectivity index (χ1n) is 10.6. The van der Waals surface area contributed by atoms with E-state index in [-0.39, 0.29) is 0 Å². The number of fused-ring (bicyclic) bond motifs is 3. The average molecular weight is 322 g/mol. The highest BCUT2D eigenvalue weighted by Gasteiger charge is 2.36. The van der Waals surface area contributed by atoms with Gasteiger partial charge < -0.3 is 5.32 Å². The summed E-state index contributed by atoms with van der Waals surface area (Å²) in [6.07, 6.45) is 14.9. The molecule has 0 spiro atoms. The zero-order valence-electron chi connectivity index (χ0n) is 16.7. The molecule has 1 heteroatoms. The Morgan fingerprint density at radius 2 is 1.78 bits per heavy atom. The summed E-state index contributed by atoms with van der Waals surface area (Å²) in [5.74, 6) is 4.67. The molecule has 1 nitrogen and oxygen atoms in total. The molecule has 5 atom stereocenters. The van der Waals surface area contributed by atoms with Gasteiger partial charge in [-0.3, -0.25) is 0 Å². The van der Waals surface area contributed by atoms with Crippen molar-refractivity contribution in [2.24, 2.45) is 35.0 Å². The summed E-state index contributed by atoms with van der Waals surface area (Å²) in [6.45, 7) is 11.3. The molecule has 2 saturated carbocycles. The second-order valence-electron chi connectivity index (χ2n) is 9.83. The van der Waals surface area contributed by atoms with Crippen LogP contribution in [0.15, 0.2) is 0 Å². The van der Waals surface area contributed by atoms with E-state index in [9.17, 15) is 0 Å². The van der Waals surface area contributed by atoms with Gasteiger partial charge in [0.25, 0.3) is 0 Å². The molecule has 0 aromatic heterocycles. The predicted octanol–water partition coefficient (Wildman–Crippen LogP) is 6.28. The van der Waals surface area contributed by atoms with Crippen molar-refractivity contribution in [3.8, 4) is 0 Å². The SMILES string of the molecule is CNCC(C)CC1CC(C)C(C)(C)CC2CCCCCC1CC2. The van der Waals surface area contributed by atoms with E-state index in [2.05, 4.69) is 40.1 Å². The lowest BCUT2D eigenvalue weighted by atomic mass is 9.68. The van der Waals surface area contributed by atoms with Gasteiger partial charge in [-0.15, -0.1) is 0 Å². The maximum atomic E-state index is 3.40. The Morgan fingerprint density at radius 3 is 2.52 bits per heavy atom. The van der Waals surface area contributed by atoms with Gasteiger partial charge in [-0.1, -0.05) is 66.2 Å². The lowest BCUT2D eigenvalue weighted by Gasteiger charge is -2.37. The minimum atomic E-state index is 0.531. The van der Waals surface area contributed by atoms with Crippen molar-refractivity contribution in [2.45, 2.75) is 91.9 Å². The Morgan fingerprint density at radius 1 is 1.04 bits per heavy atom. The van der Waals surface area contributed by atoms with Gasteiger partial charge in [0.05, 0.1) is 0 Å². The van der Waals surface area contributed by atoms with Crippen LogP contribution in [0.4, 0.5) is 0 Å². The highest BCUT2D eigenvalue weighted by molar-refractivity contribution is 4.86. The maximum Gasteiger partial charge on any atom is -0.00261 e. The zero-order valence-corrected chi connectivity index (χ0v) is 16.7. The third kappa shape index (κ3) is 5.76. The van der Waals surface area contributed by atoms with Crippen LogP contribution in [0.1, 0.15) is 91.9 Å². The summed E-state index contributed by atoms with van der Waals surface area (Å²) < 4.78 is 0. The van der Waals surface area contributed by atoms with E-state index in [1.807, 2.05) is 0 Å². The van der Waals surface area contributed by atoms with E-state index in [1.54, 1.807) is 0 Å². The fourth-order valence-corrected chi connectivity index (χ4v) is 5.58. The van der Waals surface area contributed by atoms with Crippen LogP contribution in [0.25, 0.3) is 0 Å². The van der Waals surface area contributed by atoms with Crippen molar-refractivity contribution in [1.29, 1.82) is 0 Å². The number of hydrogen-bond donors (Lipinski definition) is 1. The molecule has 2 aliphatic carbocycles. The van der Waals surface area contributed by atoms with Crippen LogP contribution in [0, 0.1) is 35.0 Å². The molecular weight excluding hydrogens is 278 g/mol. The van der Waals surface area contributed by atoms with Crippen LogP contribution in [0.3, 0.4) is 0 Å². The molecule has 23 heavy (non-hydrogen) atoms. The molecule has 2 bridgehead atoms. The topological polar surface area (TPSA) is 12.0 Å². The van der Waals surface area contributed by atoms with Gasteiger partial charge in [0.15, 0.2) is 0 Å². The first-order valence-corrected chi connectivity index (χ1v) is 10.6. The van der Waals surface area contributed by atoms with Crippen LogP contribution >= 0.6 is 0 Å². The Labute approximate surface area is 146 Å².